The molecule has 2 fully saturated rings. The summed E-state index contributed by atoms with van der Waals surface area (Å²) in [5.41, 5.74) is -0.970. The second kappa shape index (κ2) is 32.3. The van der Waals surface area contributed by atoms with Gasteiger partial charge in [-0.3, -0.25) is 0 Å². The fourth-order valence-electron chi connectivity index (χ4n) is 8.00. The van der Waals surface area contributed by atoms with E-state index in [0.717, 1.165) is 25.7 Å². The van der Waals surface area contributed by atoms with E-state index in [9.17, 15) is 0 Å². The van der Waals surface area contributed by atoms with Crippen LogP contribution in [0, 0.1) is 16.2 Å². The zero-order valence-corrected chi connectivity index (χ0v) is 40.0. The molecule has 0 aromatic heterocycles. The van der Waals surface area contributed by atoms with E-state index >= 15 is 0 Å². The van der Waals surface area contributed by atoms with Crippen molar-refractivity contribution in [2.75, 3.05) is 39.6 Å². The molecule has 0 atom stereocenters. The van der Waals surface area contributed by atoms with Crippen LogP contribution in [0.15, 0.2) is 0 Å². The number of hydrogen-bond acceptors (Lipinski definition) is 8. The molecule has 2 aliphatic heterocycles. The lowest BCUT2D eigenvalue weighted by Gasteiger charge is -2.48. The first-order chi connectivity index (χ1) is 27.5. The summed E-state index contributed by atoms with van der Waals surface area (Å²) in [6.07, 6.45) is 38.9. The van der Waals surface area contributed by atoms with E-state index in [-0.39, 0.29) is 28.8 Å². The zero-order valence-electron chi connectivity index (χ0n) is 38.4. The van der Waals surface area contributed by atoms with Crippen LogP contribution in [0.1, 0.15) is 234 Å². The van der Waals surface area contributed by atoms with Gasteiger partial charge in [0.2, 0.25) is 0 Å². The van der Waals surface area contributed by atoms with Crippen molar-refractivity contribution in [3.05, 3.63) is 0 Å². The number of thiocarbonyl (C=S) groups is 2. The third kappa shape index (κ3) is 25.2. The van der Waals surface area contributed by atoms with Gasteiger partial charge in [-0.15, -0.1) is 0 Å². The Morgan fingerprint density at radius 2 is 0.649 bits per heavy atom. The van der Waals surface area contributed by atoms with E-state index in [0.29, 0.717) is 49.7 Å². The molecule has 336 valence electrons. The highest BCUT2D eigenvalue weighted by molar-refractivity contribution is 7.80. The fraction of sp³-hybridized carbons (Fsp3) is 0.959. The highest BCUT2D eigenvalue weighted by Crippen LogP contribution is 2.39. The third-order valence-electron chi connectivity index (χ3n) is 12.1. The lowest BCUT2D eigenvalue weighted by molar-refractivity contribution is -0.336. The lowest BCUT2D eigenvalue weighted by Crippen LogP contribution is -2.57. The van der Waals surface area contributed by atoms with Crippen LogP contribution in [-0.4, -0.2) is 62.3 Å². The minimum atomic E-state index is -0.365. The molecule has 0 radical (unpaired) electrons. The van der Waals surface area contributed by atoms with Crippen molar-refractivity contribution in [3.63, 3.8) is 0 Å². The number of unbranched alkanes of at least 4 members (excludes halogenated alkanes) is 26. The normalized spacial score (nSPS) is 20.2. The van der Waals surface area contributed by atoms with Crippen molar-refractivity contribution >= 4 is 34.5 Å². The van der Waals surface area contributed by atoms with Crippen molar-refractivity contribution in [1.82, 2.24) is 0 Å². The minimum absolute atomic E-state index is 0.312. The number of hydrogen-bond donors (Lipinski definition) is 0. The van der Waals surface area contributed by atoms with Crippen molar-refractivity contribution in [3.8, 4) is 0 Å². The van der Waals surface area contributed by atoms with Gasteiger partial charge in [-0.1, -0.05) is 208 Å². The van der Waals surface area contributed by atoms with Crippen LogP contribution in [-0.2, 0) is 28.4 Å². The minimum Gasteiger partial charge on any atom is -0.486 e. The summed E-state index contributed by atoms with van der Waals surface area (Å²) in [6.45, 7) is 16.1. The average Bonchev–Trinajstić information content (AvgIpc) is 3.20. The second-order valence-corrected chi connectivity index (χ2v) is 20.3. The second-order valence-electron chi connectivity index (χ2n) is 19.4. The summed E-state index contributed by atoms with van der Waals surface area (Å²) in [5, 5.41) is 1.41. The molecule has 2 rings (SSSR count). The molecule has 2 heterocycles. The molecule has 6 nitrogen and oxygen atoms in total. The van der Waals surface area contributed by atoms with E-state index in [1.54, 1.807) is 0 Å². The summed E-state index contributed by atoms with van der Waals surface area (Å²) < 4.78 is 37.4. The molecule has 1 spiro atoms. The Kier molecular flexibility index (Phi) is 29.9. The molecular formula is C49H92O6S2. The number of ether oxygens (including phenoxy) is 6. The third-order valence-corrected chi connectivity index (χ3v) is 12.8. The first-order valence-corrected chi connectivity index (χ1v) is 25.1. The molecule has 57 heavy (non-hydrogen) atoms. The van der Waals surface area contributed by atoms with Gasteiger partial charge in [-0.2, -0.15) is 0 Å². The maximum atomic E-state index is 6.31. The molecule has 0 aromatic rings. The largest absolute Gasteiger partial charge is 0.486 e. The predicted molar refractivity (Wildman–Crippen MR) is 248 cm³/mol. The van der Waals surface area contributed by atoms with Gasteiger partial charge in [0.15, 0.2) is 22.7 Å². The molecule has 8 heteroatoms. The molecule has 0 aromatic carbocycles. The van der Waals surface area contributed by atoms with Crippen molar-refractivity contribution < 1.29 is 28.4 Å². The van der Waals surface area contributed by atoms with Crippen LogP contribution in [0.3, 0.4) is 0 Å². The van der Waals surface area contributed by atoms with Gasteiger partial charge in [-0.05, 0) is 37.3 Å². The first kappa shape index (κ1) is 52.8. The Labute approximate surface area is 364 Å². The standard InChI is InChI=1S/C49H92O6S2/c1-7-9-11-13-15-17-19-21-23-25-27-29-31-33-35-43(56)50-37-47(3,4)45-52-39-49(40-53-45)41-54-46(55-42-49)48(5,6)38-51-44(57)36-34-32-30-28-26-24-22-20-18-16-14-12-10-8-2/h45-46H,7-42H2,1-6H3. The summed E-state index contributed by atoms with van der Waals surface area (Å²) >= 11 is 11.2. The molecule has 2 saturated heterocycles. The van der Waals surface area contributed by atoms with Crippen molar-refractivity contribution in [2.45, 2.75) is 247 Å². The van der Waals surface area contributed by atoms with Gasteiger partial charge in [0.05, 0.1) is 45.1 Å². The molecule has 0 amide bonds. The molecule has 0 N–H and O–H groups in total. The Balaban J connectivity index is 1.48. The van der Waals surface area contributed by atoms with Crippen LogP contribution < -0.4 is 0 Å². The first-order valence-electron chi connectivity index (χ1n) is 24.3. The summed E-state index contributed by atoms with van der Waals surface area (Å²) in [4.78, 5) is 0. The van der Waals surface area contributed by atoms with Gasteiger partial charge in [0, 0.05) is 23.7 Å². The molecule has 2 aliphatic rings. The van der Waals surface area contributed by atoms with Crippen LogP contribution in [0.4, 0.5) is 0 Å². The van der Waals surface area contributed by atoms with E-state index < -0.39 is 0 Å². The Morgan fingerprint density at radius 1 is 0.421 bits per heavy atom. The van der Waals surface area contributed by atoms with Gasteiger partial charge < -0.3 is 28.4 Å². The molecule has 0 unspecified atom stereocenters. The van der Waals surface area contributed by atoms with Crippen LogP contribution in [0.25, 0.3) is 0 Å². The highest BCUT2D eigenvalue weighted by atomic mass is 32.1. The van der Waals surface area contributed by atoms with E-state index in [4.69, 9.17) is 52.9 Å². The predicted octanol–water partition coefficient (Wildman–Crippen LogP) is 15.2. The SMILES string of the molecule is CCCCCCCCCCCCCCCCC(=S)OCC(C)(C)C1OCC2(CO1)COC(C(C)(C)COC(=S)CCCCCCCCCCCCCCCC)OC2. The monoisotopic (exact) mass is 841 g/mol. The maximum absolute atomic E-state index is 6.31. The van der Waals surface area contributed by atoms with Crippen LogP contribution in [0.2, 0.25) is 0 Å². The van der Waals surface area contributed by atoms with Gasteiger partial charge in [-0.25, -0.2) is 0 Å². The van der Waals surface area contributed by atoms with Gasteiger partial charge >= 0.3 is 0 Å². The Bertz CT molecular complexity index is 905. The van der Waals surface area contributed by atoms with E-state index in [2.05, 4.69) is 41.5 Å². The van der Waals surface area contributed by atoms with Gasteiger partial charge in [0.1, 0.15) is 0 Å². The quantitative estimate of drug-likeness (QED) is 0.0457. The smallest absolute Gasteiger partial charge is 0.165 e. The Hall–Kier alpha value is -0.380. The zero-order chi connectivity index (χ0) is 41.5. The van der Waals surface area contributed by atoms with Gasteiger partial charge in [0.25, 0.3) is 0 Å². The maximum Gasteiger partial charge on any atom is 0.165 e. The molecule has 0 saturated carbocycles. The van der Waals surface area contributed by atoms with Crippen LogP contribution >= 0.6 is 24.4 Å². The van der Waals surface area contributed by atoms with E-state index in [1.807, 2.05) is 0 Å². The lowest BCUT2D eigenvalue weighted by atomic mass is 9.86. The van der Waals surface area contributed by atoms with Crippen molar-refractivity contribution in [1.29, 1.82) is 0 Å². The number of rotatable bonds is 36. The van der Waals surface area contributed by atoms with Crippen molar-refractivity contribution in [2.24, 2.45) is 16.2 Å². The van der Waals surface area contributed by atoms with E-state index in [1.165, 1.54) is 167 Å². The molecular weight excluding hydrogens is 749 g/mol. The topological polar surface area (TPSA) is 55.4 Å². The highest BCUT2D eigenvalue weighted by Gasteiger charge is 2.48. The summed E-state index contributed by atoms with van der Waals surface area (Å²) in [5.74, 6) is 0. The average molecular weight is 841 g/mol. The Morgan fingerprint density at radius 3 is 0.895 bits per heavy atom. The fourth-order valence-corrected chi connectivity index (χ4v) is 8.41. The molecule has 0 bridgehead atoms. The van der Waals surface area contributed by atoms with Crippen LogP contribution in [0.5, 0.6) is 0 Å². The molecule has 0 aliphatic carbocycles. The summed E-state index contributed by atoms with van der Waals surface area (Å²) in [7, 11) is 0. The summed E-state index contributed by atoms with van der Waals surface area (Å²) in [6, 6.07) is 0.